The Kier molecular flexibility index (Phi) is 3.99. The Labute approximate surface area is 112 Å². The fourth-order valence-corrected chi connectivity index (χ4v) is 2.53. The molecule has 0 amide bonds. The summed E-state index contributed by atoms with van der Waals surface area (Å²) >= 11 is 1.62. The molecule has 0 spiro atoms. The van der Waals surface area contributed by atoms with E-state index in [1.54, 1.807) is 11.3 Å². The number of rotatable bonds is 4. The molecule has 0 saturated heterocycles. The van der Waals surface area contributed by atoms with Crippen molar-refractivity contribution in [2.45, 2.75) is 33.2 Å². The lowest BCUT2D eigenvalue weighted by molar-refractivity contribution is 0.726. The van der Waals surface area contributed by atoms with Crippen LogP contribution in [0, 0.1) is 13.8 Å². The molecule has 0 aliphatic carbocycles. The third-order valence-electron chi connectivity index (χ3n) is 2.93. The Hall–Kier alpha value is -1.39. The Morgan fingerprint density at radius 3 is 2.89 bits per heavy atom. The normalized spacial score (nSPS) is 12.4. The minimum atomic E-state index is 0.153. The van der Waals surface area contributed by atoms with Crippen molar-refractivity contribution < 1.29 is 0 Å². The quantitative estimate of drug-likeness (QED) is 0.887. The summed E-state index contributed by atoms with van der Waals surface area (Å²) in [5, 5.41) is 6.37. The molecule has 1 heterocycles. The van der Waals surface area contributed by atoms with Gasteiger partial charge in [0.25, 0.3) is 0 Å². The molecule has 1 unspecified atom stereocenters. The van der Waals surface area contributed by atoms with Gasteiger partial charge in [0.2, 0.25) is 0 Å². The first kappa shape index (κ1) is 13.1. The van der Waals surface area contributed by atoms with Gasteiger partial charge in [0.05, 0.1) is 5.69 Å². The second kappa shape index (κ2) is 5.50. The van der Waals surface area contributed by atoms with Crippen LogP contribution in [-0.4, -0.2) is 11.0 Å². The van der Waals surface area contributed by atoms with E-state index < -0.39 is 0 Å². The average molecular weight is 261 g/mol. The van der Waals surface area contributed by atoms with Crippen molar-refractivity contribution in [1.29, 1.82) is 0 Å². The number of nitrogens with two attached hydrogens (primary N) is 1. The van der Waals surface area contributed by atoms with Crippen molar-refractivity contribution in [2.75, 3.05) is 5.32 Å². The largest absolute Gasteiger partial charge is 0.331 e. The lowest BCUT2D eigenvalue weighted by Gasteiger charge is -2.08. The van der Waals surface area contributed by atoms with Crippen LogP contribution in [0.1, 0.15) is 23.7 Å². The SMILES string of the molecule is Cc1cccc(Nc2nc(CC(C)N)cs2)c1C. The highest BCUT2D eigenvalue weighted by atomic mass is 32.1. The van der Waals surface area contributed by atoms with E-state index >= 15 is 0 Å². The number of hydrogen-bond donors (Lipinski definition) is 2. The van der Waals surface area contributed by atoms with E-state index in [4.69, 9.17) is 5.73 Å². The number of aromatic nitrogens is 1. The number of thiazole rings is 1. The first-order valence-electron chi connectivity index (χ1n) is 6.09. The zero-order chi connectivity index (χ0) is 13.1. The van der Waals surface area contributed by atoms with Gasteiger partial charge in [0, 0.05) is 23.5 Å². The van der Waals surface area contributed by atoms with Crippen LogP contribution in [0.3, 0.4) is 0 Å². The highest BCUT2D eigenvalue weighted by molar-refractivity contribution is 7.13. The zero-order valence-electron chi connectivity index (χ0n) is 11.0. The van der Waals surface area contributed by atoms with Gasteiger partial charge in [0.15, 0.2) is 5.13 Å². The lowest BCUT2D eigenvalue weighted by Crippen LogP contribution is -2.17. The van der Waals surface area contributed by atoms with Crippen LogP contribution in [0.2, 0.25) is 0 Å². The van der Waals surface area contributed by atoms with Gasteiger partial charge in [-0.15, -0.1) is 11.3 Å². The standard InChI is InChI=1S/C14H19N3S/c1-9-5-4-6-13(11(9)3)17-14-16-12(8-18-14)7-10(2)15/h4-6,8,10H,7,15H2,1-3H3,(H,16,17). The Balaban J connectivity index is 2.14. The second-order valence-corrected chi connectivity index (χ2v) is 5.56. The minimum absolute atomic E-state index is 0.153. The summed E-state index contributed by atoms with van der Waals surface area (Å²) in [6.07, 6.45) is 0.824. The van der Waals surface area contributed by atoms with Gasteiger partial charge < -0.3 is 11.1 Å². The molecule has 18 heavy (non-hydrogen) atoms. The maximum Gasteiger partial charge on any atom is 0.187 e. The van der Waals surface area contributed by atoms with E-state index in [-0.39, 0.29) is 6.04 Å². The van der Waals surface area contributed by atoms with Crippen LogP contribution in [0.25, 0.3) is 0 Å². The summed E-state index contributed by atoms with van der Waals surface area (Å²) in [5.74, 6) is 0. The summed E-state index contributed by atoms with van der Waals surface area (Å²) in [6, 6.07) is 6.40. The molecule has 0 aliphatic heterocycles. The number of hydrogen-bond acceptors (Lipinski definition) is 4. The number of nitrogens with one attached hydrogen (secondary N) is 1. The van der Waals surface area contributed by atoms with E-state index in [0.29, 0.717) is 0 Å². The molecule has 0 fully saturated rings. The summed E-state index contributed by atoms with van der Waals surface area (Å²) in [7, 11) is 0. The third kappa shape index (κ3) is 3.09. The van der Waals surface area contributed by atoms with Crippen LogP contribution in [0.15, 0.2) is 23.6 Å². The first-order valence-corrected chi connectivity index (χ1v) is 6.97. The molecule has 0 radical (unpaired) electrons. The van der Waals surface area contributed by atoms with Crippen LogP contribution in [0.4, 0.5) is 10.8 Å². The molecule has 0 bridgehead atoms. The maximum atomic E-state index is 5.77. The van der Waals surface area contributed by atoms with E-state index in [9.17, 15) is 0 Å². The highest BCUT2D eigenvalue weighted by Crippen LogP contribution is 2.25. The summed E-state index contributed by atoms with van der Waals surface area (Å²) in [5.41, 5.74) is 10.5. The predicted molar refractivity (Wildman–Crippen MR) is 78.7 cm³/mol. The van der Waals surface area contributed by atoms with E-state index in [1.807, 2.05) is 6.92 Å². The van der Waals surface area contributed by atoms with E-state index in [1.165, 1.54) is 11.1 Å². The van der Waals surface area contributed by atoms with E-state index in [0.717, 1.165) is 22.9 Å². The fourth-order valence-electron chi connectivity index (χ4n) is 1.79. The molecular weight excluding hydrogens is 242 g/mol. The highest BCUT2D eigenvalue weighted by Gasteiger charge is 2.06. The molecule has 4 heteroatoms. The molecule has 2 aromatic rings. The van der Waals surface area contributed by atoms with Gasteiger partial charge >= 0.3 is 0 Å². The Morgan fingerprint density at radius 2 is 2.17 bits per heavy atom. The van der Waals surface area contributed by atoms with Gasteiger partial charge in [-0.25, -0.2) is 4.98 Å². The van der Waals surface area contributed by atoms with Gasteiger partial charge in [-0.3, -0.25) is 0 Å². The maximum absolute atomic E-state index is 5.77. The van der Waals surface area contributed by atoms with Crippen molar-refractivity contribution in [2.24, 2.45) is 5.73 Å². The number of benzene rings is 1. The first-order chi connectivity index (χ1) is 8.56. The van der Waals surface area contributed by atoms with Crippen molar-refractivity contribution in [1.82, 2.24) is 4.98 Å². The van der Waals surface area contributed by atoms with Gasteiger partial charge in [-0.1, -0.05) is 12.1 Å². The molecule has 1 aromatic carbocycles. The number of nitrogens with zero attached hydrogens (tertiary/aromatic N) is 1. The topological polar surface area (TPSA) is 50.9 Å². The van der Waals surface area contributed by atoms with Crippen molar-refractivity contribution in [3.05, 3.63) is 40.4 Å². The smallest absolute Gasteiger partial charge is 0.187 e. The third-order valence-corrected chi connectivity index (χ3v) is 3.74. The molecule has 3 nitrogen and oxygen atoms in total. The average Bonchev–Trinajstić information content (AvgIpc) is 2.71. The second-order valence-electron chi connectivity index (χ2n) is 4.70. The molecule has 1 atom stereocenters. The monoisotopic (exact) mass is 261 g/mol. The molecule has 3 N–H and O–H groups in total. The minimum Gasteiger partial charge on any atom is -0.331 e. The van der Waals surface area contributed by atoms with Gasteiger partial charge in [-0.05, 0) is 38.0 Å². The van der Waals surface area contributed by atoms with Crippen molar-refractivity contribution >= 4 is 22.2 Å². The number of anilines is 2. The van der Waals surface area contributed by atoms with Crippen LogP contribution in [0.5, 0.6) is 0 Å². The molecule has 0 saturated carbocycles. The number of aryl methyl sites for hydroxylation is 1. The lowest BCUT2D eigenvalue weighted by atomic mass is 10.1. The fraction of sp³-hybridized carbons (Fsp3) is 0.357. The molecule has 0 aliphatic rings. The summed E-state index contributed by atoms with van der Waals surface area (Å²) < 4.78 is 0. The molecule has 2 rings (SSSR count). The summed E-state index contributed by atoms with van der Waals surface area (Å²) in [6.45, 7) is 6.23. The summed E-state index contributed by atoms with van der Waals surface area (Å²) in [4.78, 5) is 4.54. The molecular formula is C14H19N3S. The van der Waals surface area contributed by atoms with Gasteiger partial charge in [0.1, 0.15) is 0 Å². The van der Waals surface area contributed by atoms with Gasteiger partial charge in [-0.2, -0.15) is 0 Å². The van der Waals surface area contributed by atoms with Crippen LogP contribution < -0.4 is 11.1 Å². The van der Waals surface area contributed by atoms with Crippen LogP contribution in [-0.2, 0) is 6.42 Å². The Bertz CT molecular complexity index is 532. The zero-order valence-corrected chi connectivity index (χ0v) is 11.8. The predicted octanol–water partition coefficient (Wildman–Crippen LogP) is 3.39. The van der Waals surface area contributed by atoms with Crippen molar-refractivity contribution in [3.8, 4) is 0 Å². The molecule has 96 valence electrons. The van der Waals surface area contributed by atoms with Crippen molar-refractivity contribution in [3.63, 3.8) is 0 Å². The van der Waals surface area contributed by atoms with Crippen LogP contribution >= 0.6 is 11.3 Å². The molecule has 1 aromatic heterocycles. The van der Waals surface area contributed by atoms with E-state index in [2.05, 4.69) is 47.7 Å². The Morgan fingerprint density at radius 1 is 1.39 bits per heavy atom.